The number of carbonyl (C=O) groups is 3. The number of hydrogen-bond donors (Lipinski definition) is 5. The highest BCUT2D eigenvalue weighted by atomic mass is 31.2. The summed E-state index contributed by atoms with van der Waals surface area (Å²) in [6.07, 6.45) is 0.553. The Bertz CT molecular complexity index is 341. The number of nitrogens with one attached hydrogen (secondary N) is 2. The second-order valence-corrected chi connectivity index (χ2v) is 6.94. The predicted octanol–water partition coefficient (Wildman–Crippen LogP) is -1.07. The van der Waals surface area contributed by atoms with Crippen molar-refractivity contribution < 1.29 is 29.3 Å². The van der Waals surface area contributed by atoms with Crippen LogP contribution in [0, 0.1) is 0 Å². The molecule has 2 amide bonds. The van der Waals surface area contributed by atoms with E-state index >= 15 is 0 Å². The van der Waals surface area contributed by atoms with Crippen molar-refractivity contribution >= 4 is 25.5 Å². The van der Waals surface area contributed by atoms with Crippen molar-refractivity contribution in [2.45, 2.75) is 25.8 Å². The Hall–Kier alpha value is -1.24. The minimum absolute atomic E-state index is 0.0818. The first kappa shape index (κ1) is 17.8. The molecule has 0 saturated heterocycles. The van der Waals surface area contributed by atoms with Crippen LogP contribution in [0.4, 0.5) is 0 Å². The SMILES string of the molecule is C[C@H](NC(=O)CNC(=O)CCC[P+](C)(O)O)C(=O)O. The monoisotopic (exact) mass is 295 g/mol. The van der Waals surface area contributed by atoms with Crippen molar-refractivity contribution in [1.82, 2.24) is 10.6 Å². The molecule has 0 fully saturated rings. The molecule has 5 N–H and O–H groups in total. The molecule has 0 radical (unpaired) electrons. The molecule has 0 aromatic carbocycles. The normalized spacial score (nSPS) is 12.6. The molecule has 0 aromatic heterocycles. The van der Waals surface area contributed by atoms with Gasteiger partial charge in [0.1, 0.15) is 18.9 Å². The fraction of sp³-hybridized carbons (Fsp3) is 0.700. The molecule has 0 spiro atoms. The van der Waals surface area contributed by atoms with Gasteiger partial charge in [-0.25, -0.2) is 9.79 Å². The Kier molecular flexibility index (Phi) is 7.51. The zero-order valence-electron chi connectivity index (χ0n) is 10.9. The highest BCUT2D eigenvalue weighted by Crippen LogP contribution is 2.45. The summed E-state index contributed by atoms with van der Waals surface area (Å²) in [5.74, 6) is -2.15. The van der Waals surface area contributed by atoms with Crippen LogP contribution < -0.4 is 10.6 Å². The van der Waals surface area contributed by atoms with Gasteiger partial charge in [-0.1, -0.05) is 0 Å². The van der Waals surface area contributed by atoms with Gasteiger partial charge in [0.05, 0.1) is 6.54 Å². The van der Waals surface area contributed by atoms with E-state index in [0.717, 1.165) is 0 Å². The molecule has 0 aromatic rings. The zero-order valence-corrected chi connectivity index (χ0v) is 11.8. The Labute approximate surface area is 111 Å². The van der Waals surface area contributed by atoms with Crippen LogP contribution in [0.5, 0.6) is 0 Å². The summed E-state index contributed by atoms with van der Waals surface area (Å²) >= 11 is 0. The summed E-state index contributed by atoms with van der Waals surface area (Å²) in [6, 6.07) is -1.02. The maximum absolute atomic E-state index is 11.3. The van der Waals surface area contributed by atoms with Gasteiger partial charge in [0.2, 0.25) is 11.8 Å². The molecule has 8 nitrogen and oxygen atoms in total. The first-order valence-corrected chi connectivity index (χ1v) is 8.04. The first-order chi connectivity index (χ1) is 8.61. The second kappa shape index (κ2) is 8.04. The van der Waals surface area contributed by atoms with Crippen LogP contribution in [-0.2, 0) is 14.4 Å². The third-order valence-corrected chi connectivity index (χ3v) is 3.34. The summed E-state index contributed by atoms with van der Waals surface area (Å²) in [5, 5.41) is 13.1. The van der Waals surface area contributed by atoms with Gasteiger partial charge in [0.25, 0.3) is 7.72 Å². The Morgan fingerprint density at radius 3 is 2.26 bits per heavy atom. The highest BCUT2D eigenvalue weighted by Gasteiger charge is 2.24. The Morgan fingerprint density at radius 2 is 1.79 bits per heavy atom. The van der Waals surface area contributed by atoms with Gasteiger partial charge < -0.3 is 15.7 Å². The van der Waals surface area contributed by atoms with Gasteiger partial charge >= 0.3 is 5.97 Å². The van der Waals surface area contributed by atoms with E-state index in [9.17, 15) is 14.4 Å². The average Bonchev–Trinajstić information content (AvgIpc) is 2.24. The van der Waals surface area contributed by atoms with Crippen molar-refractivity contribution in [3.8, 4) is 0 Å². The van der Waals surface area contributed by atoms with E-state index in [-0.39, 0.29) is 19.1 Å². The molecular formula is C10H20N2O6P+. The van der Waals surface area contributed by atoms with Gasteiger partial charge in [-0.05, 0) is 13.3 Å². The number of hydrogen-bond acceptors (Lipinski definition) is 5. The van der Waals surface area contributed by atoms with Crippen molar-refractivity contribution in [1.29, 1.82) is 0 Å². The van der Waals surface area contributed by atoms with Crippen molar-refractivity contribution in [2.24, 2.45) is 0 Å². The van der Waals surface area contributed by atoms with E-state index in [1.54, 1.807) is 0 Å². The molecular weight excluding hydrogens is 275 g/mol. The third-order valence-electron chi connectivity index (χ3n) is 2.18. The average molecular weight is 295 g/mol. The van der Waals surface area contributed by atoms with E-state index in [1.807, 2.05) is 0 Å². The molecule has 0 aliphatic carbocycles. The van der Waals surface area contributed by atoms with E-state index in [2.05, 4.69) is 10.6 Å². The number of carbonyl (C=O) groups excluding carboxylic acids is 2. The molecule has 0 aliphatic heterocycles. The molecule has 0 saturated carbocycles. The number of carboxylic acid groups (broad SMARTS) is 1. The fourth-order valence-corrected chi connectivity index (χ4v) is 1.92. The van der Waals surface area contributed by atoms with Crippen LogP contribution in [0.1, 0.15) is 19.8 Å². The van der Waals surface area contributed by atoms with E-state index < -0.39 is 31.5 Å². The number of amides is 2. The maximum Gasteiger partial charge on any atom is 0.325 e. The van der Waals surface area contributed by atoms with E-state index in [0.29, 0.717) is 6.42 Å². The molecule has 0 rings (SSSR count). The Morgan fingerprint density at radius 1 is 1.21 bits per heavy atom. The number of carboxylic acids is 1. The molecule has 1 atom stereocenters. The molecule has 19 heavy (non-hydrogen) atoms. The molecule has 0 bridgehead atoms. The molecule has 0 heterocycles. The summed E-state index contributed by atoms with van der Waals surface area (Å²) < 4.78 is 0. The second-order valence-electron chi connectivity index (χ2n) is 4.32. The van der Waals surface area contributed by atoms with Crippen molar-refractivity contribution in [3.05, 3.63) is 0 Å². The van der Waals surface area contributed by atoms with Crippen LogP contribution in [-0.4, -0.2) is 58.1 Å². The number of aliphatic carboxylic acids is 1. The minimum Gasteiger partial charge on any atom is -0.480 e. The van der Waals surface area contributed by atoms with Crippen LogP contribution >= 0.6 is 7.72 Å². The molecule has 0 aliphatic rings. The van der Waals surface area contributed by atoms with E-state index in [1.165, 1.54) is 13.6 Å². The zero-order chi connectivity index (χ0) is 15.1. The van der Waals surface area contributed by atoms with Gasteiger partial charge in [0, 0.05) is 6.42 Å². The number of rotatable bonds is 8. The van der Waals surface area contributed by atoms with Gasteiger partial charge in [-0.3, -0.25) is 14.4 Å². The summed E-state index contributed by atoms with van der Waals surface area (Å²) in [5.41, 5.74) is 0. The summed E-state index contributed by atoms with van der Waals surface area (Å²) in [6.45, 7) is 2.34. The summed E-state index contributed by atoms with van der Waals surface area (Å²) in [4.78, 5) is 51.2. The van der Waals surface area contributed by atoms with Gasteiger partial charge in [0.15, 0.2) is 0 Å². The summed E-state index contributed by atoms with van der Waals surface area (Å²) in [7, 11) is -2.86. The lowest BCUT2D eigenvalue weighted by Gasteiger charge is -2.10. The van der Waals surface area contributed by atoms with Crippen molar-refractivity contribution in [2.75, 3.05) is 19.4 Å². The Balaban J connectivity index is 3.79. The topological polar surface area (TPSA) is 136 Å². The minimum atomic E-state index is -2.86. The fourth-order valence-electron chi connectivity index (χ4n) is 1.16. The predicted molar refractivity (Wildman–Crippen MR) is 69.6 cm³/mol. The molecule has 110 valence electrons. The van der Waals surface area contributed by atoms with Gasteiger partial charge in [-0.15, -0.1) is 0 Å². The van der Waals surface area contributed by atoms with Gasteiger partial charge in [-0.2, -0.15) is 0 Å². The lowest BCUT2D eigenvalue weighted by molar-refractivity contribution is -0.141. The smallest absolute Gasteiger partial charge is 0.325 e. The lowest BCUT2D eigenvalue weighted by atomic mass is 10.3. The largest absolute Gasteiger partial charge is 0.480 e. The quantitative estimate of drug-likeness (QED) is 0.362. The van der Waals surface area contributed by atoms with Crippen LogP contribution in [0.25, 0.3) is 0 Å². The lowest BCUT2D eigenvalue weighted by Crippen LogP contribution is -2.43. The molecule has 9 heteroatoms. The van der Waals surface area contributed by atoms with Crippen LogP contribution in [0.15, 0.2) is 0 Å². The van der Waals surface area contributed by atoms with Crippen molar-refractivity contribution in [3.63, 3.8) is 0 Å². The van der Waals surface area contributed by atoms with Crippen LogP contribution in [0.2, 0.25) is 0 Å². The van der Waals surface area contributed by atoms with E-state index in [4.69, 9.17) is 14.9 Å². The standard InChI is InChI=1S/C10H19N2O6P/c1-7(10(15)16)12-9(14)6-11-8(13)4-3-5-19(2,17)18/h7,17-18H,3-6H2,1-2H3,(H2-,11,12,13,14,15,16)/p+1/t7-/m0/s1. The third kappa shape index (κ3) is 10.4. The van der Waals surface area contributed by atoms with Crippen LogP contribution in [0.3, 0.4) is 0 Å². The molecule has 0 unspecified atom stereocenters. The maximum atomic E-state index is 11.3. The highest BCUT2D eigenvalue weighted by molar-refractivity contribution is 7.63. The first-order valence-electron chi connectivity index (χ1n) is 5.71.